The highest BCUT2D eigenvalue weighted by Gasteiger charge is 2.18. The van der Waals surface area contributed by atoms with Gasteiger partial charge in [-0.25, -0.2) is 17.9 Å². The lowest BCUT2D eigenvalue weighted by Gasteiger charge is -2.08. The first-order valence-electron chi connectivity index (χ1n) is 4.96. The van der Waals surface area contributed by atoms with Gasteiger partial charge < -0.3 is 0 Å². The number of aromatic nitrogens is 1. The highest BCUT2D eigenvalue weighted by atomic mass is 32.2. The molecular weight excluding hydrogens is 238 g/mol. The van der Waals surface area contributed by atoms with Gasteiger partial charge in [0.1, 0.15) is 6.54 Å². The predicted octanol–water partition coefficient (Wildman–Crippen LogP) is 2.26. The molecule has 0 unspecified atom stereocenters. The quantitative estimate of drug-likeness (QED) is 0.844. The average Bonchev–Trinajstić information content (AvgIpc) is 2.80. The normalized spacial score (nSPS) is 11.3. The molecule has 5 nitrogen and oxygen atoms in total. The van der Waals surface area contributed by atoms with Gasteiger partial charge >= 0.3 is 0 Å². The molecule has 0 saturated carbocycles. The summed E-state index contributed by atoms with van der Waals surface area (Å²) in [6.07, 6.45) is 1.46. The summed E-state index contributed by atoms with van der Waals surface area (Å²) in [7, 11) is -3.58. The van der Waals surface area contributed by atoms with Crippen molar-refractivity contribution in [3.8, 4) is 0 Å². The molecule has 1 aromatic carbocycles. The minimum atomic E-state index is -3.58. The van der Waals surface area contributed by atoms with Crippen LogP contribution in [0.3, 0.4) is 0 Å². The van der Waals surface area contributed by atoms with E-state index in [1.807, 2.05) is 0 Å². The second-order valence-corrected chi connectivity index (χ2v) is 5.24. The van der Waals surface area contributed by atoms with Crippen LogP contribution in [0.15, 0.2) is 58.7 Å². The third-order valence-corrected chi connectivity index (χ3v) is 4.08. The minimum absolute atomic E-state index is 0.0546. The van der Waals surface area contributed by atoms with E-state index in [1.165, 1.54) is 18.3 Å². The van der Waals surface area contributed by atoms with Crippen molar-refractivity contribution < 1.29 is 8.42 Å². The summed E-state index contributed by atoms with van der Waals surface area (Å²) in [5, 5.41) is 3.21. The van der Waals surface area contributed by atoms with E-state index >= 15 is 0 Å². The molecule has 0 bridgehead atoms. The summed E-state index contributed by atoms with van der Waals surface area (Å²) in [6.45, 7) is 0.0546. The number of nitrogens with one attached hydrogen (secondary N) is 1. The van der Waals surface area contributed by atoms with Crippen LogP contribution in [0.5, 0.6) is 0 Å². The van der Waals surface area contributed by atoms with Crippen LogP contribution in [-0.4, -0.2) is 12.4 Å². The molecule has 17 heavy (non-hydrogen) atoms. The maximum Gasteiger partial charge on any atom is 0.267 e. The van der Waals surface area contributed by atoms with Crippen LogP contribution in [0.1, 0.15) is 5.69 Å². The van der Waals surface area contributed by atoms with Crippen molar-refractivity contribution in [3.63, 3.8) is 0 Å². The summed E-state index contributed by atoms with van der Waals surface area (Å²) >= 11 is 0. The van der Waals surface area contributed by atoms with E-state index in [1.54, 1.807) is 30.3 Å². The fourth-order valence-corrected chi connectivity index (χ4v) is 2.93. The Hall–Kier alpha value is -1.95. The lowest BCUT2D eigenvalue weighted by molar-refractivity contribution is 0.585. The minimum Gasteiger partial charge on any atom is -0.244 e. The van der Waals surface area contributed by atoms with Gasteiger partial charge in [0.25, 0.3) is 10.0 Å². The van der Waals surface area contributed by atoms with Gasteiger partial charge in [0.15, 0.2) is 0 Å². The summed E-state index contributed by atoms with van der Waals surface area (Å²) in [5.74, 6) is 0. The lowest BCUT2D eigenvalue weighted by atomic mass is 10.4. The van der Waals surface area contributed by atoms with Crippen molar-refractivity contribution in [1.29, 1.82) is 5.53 Å². The summed E-state index contributed by atoms with van der Waals surface area (Å²) < 4.78 is 25.7. The molecular formula is C11H11N3O2S. The number of hydrogen-bond donors (Lipinski definition) is 1. The number of rotatable bonds is 4. The monoisotopic (exact) mass is 249 g/mol. The molecule has 0 aliphatic rings. The van der Waals surface area contributed by atoms with Gasteiger partial charge in [-0.15, -0.1) is 0 Å². The molecule has 0 fully saturated rings. The molecule has 0 amide bonds. The average molecular weight is 249 g/mol. The first-order valence-corrected chi connectivity index (χ1v) is 6.40. The van der Waals surface area contributed by atoms with E-state index in [9.17, 15) is 8.42 Å². The Bertz CT molecular complexity index is 617. The largest absolute Gasteiger partial charge is 0.267 e. The van der Waals surface area contributed by atoms with Crippen LogP contribution in [0.25, 0.3) is 0 Å². The van der Waals surface area contributed by atoms with Gasteiger partial charge in [0.05, 0.1) is 10.6 Å². The van der Waals surface area contributed by atoms with Gasteiger partial charge in [-0.05, 0) is 24.3 Å². The van der Waals surface area contributed by atoms with Gasteiger partial charge in [-0.2, -0.15) is 5.11 Å². The highest BCUT2D eigenvalue weighted by Crippen LogP contribution is 2.16. The third kappa shape index (κ3) is 2.12. The molecule has 0 saturated heterocycles. The molecule has 1 N–H and O–H groups in total. The van der Waals surface area contributed by atoms with E-state index in [2.05, 4.69) is 5.11 Å². The van der Waals surface area contributed by atoms with Crippen molar-refractivity contribution >= 4 is 10.0 Å². The maximum absolute atomic E-state index is 12.3. The van der Waals surface area contributed by atoms with Gasteiger partial charge in [-0.3, -0.25) is 0 Å². The van der Waals surface area contributed by atoms with Crippen molar-refractivity contribution in [2.24, 2.45) is 5.11 Å². The molecule has 2 rings (SSSR count). The molecule has 0 spiro atoms. The van der Waals surface area contributed by atoms with Crippen LogP contribution >= 0.6 is 0 Å². The van der Waals surface area contributed by atoms with Gasteiger partial charge in [0.2, 0.25) is 0 Å². The molecule has 1 heterocycles. The van der Waals surface area contributed by atoms with Crippen molar-refractivity contribution in [3.05, 3.63) is 54.4 Å². The SMILES string of the molecule is N=NCc1cccn1S(=O)(=O)c1ccccc1. The Morgan fingerprint density at radius 1 is 1.12 bits per heavy atom. The second kappa shape index (κ2) is 4.50. The summed E-state index contributed by atoms with van der Waals surface area (Å²) in [6, 6.07) is 11.4. The lowest BCUT2D eigenvalue weighted by Crippen LogP contribution is -2.14. The highest BCUT2D eigenvalue weighted by molar-refractivity contribution is 7.90. The first-order chi connectivity index (χ1) is 8.16. The van der Waals surface area contributed by atoms with Crippen LogP contribution in [0.4, 0.5) is 0 Å². The summed E-state index contributed by atoms with van der Waals surface area (Å²) in [5.41, 5.74) is 7.28. The number of hydrogen-bond acceptors (Lipinski definition) is 4. The molecule has 0 aliphatic heterocycles. The van der Waals surface area contributed by atoms with Crippen molar-refractivity contribution in [1.82, 2.24) is 3.97 Å². The second-order valence-electron chi connectivity index (χ2n) is 3.43. The van der Waals surface area contributed by atoms with E-state index in [0.29, 0.717) is 5.69 Å². The molecule has 6 heteroatoms. The Balaban J connectivity index is 2.53. The fraction of sp³-hybridized carbons (Fsp3) is 0.0909. The topological polar surface area (TPSA) is 75.3 Å². The molecule has 0 aliphatic carbocycles. The van der Waals surface area contributed by atoms with E-state index < -0.39 is 10.0 Å². The molecule has 0 radical (unpaired) electrons. The van der Waals surface area contributed by atoms with Crippen LogP contribution in [0.2, 0.25) is 0 Å². The molecule has 88 valence electrons. The fourth-order valence-electron chi connectivity index (χ4n) is 1.55. The Morgan fingerprint density at radius 3 is 2.47 bits per heavy atom. The summed E-state index contributed by atoms with van der Waals surface area (Å²) in [4.78, 5) is 0.224. The Kier molecular flexibility index (Phi) is 3.06. The van der Waals surface area contributed by atoms with Crippen LogP contribution < -0.4 is 0 Å². The number of benzene rings is 1. The molecule has 2 aromatic rings. The van der Waals surface area contributed by atoms with Gasteiger partial charge in [0, 0.05) is 6.20 Å². The van der Waals surface area contributed by atoms with Crippen LogP contribution in [-0.2, 0) is 16.6 Å². The van der Waals surface area contributed by atoms with Gasteiger partial charge in [-0.1, -0.05) is 18.2 Å². The third-order valence-electron chi connectivity index (χ3n) is 2.33. The van der Waals surface area contributed by atoms with Crippen LogP contribution in [0, 0.1) is 5.53 Å². The van der Waals surface area contributed by atoms with E-state index in [0.717, 1.165) is 3.97 Å². The molecule has 1 aromatic heterocycles. The molecule has 0 atom stereocenters. The van der Waals surface area contributed by atoms with Crippen molar-refractivity contribution in [2.75, 3.05) is 0 Å². The number of nitrogens with zero attached hydrogens (tertiary/aromatic N) is 2. The van der Waals surface area contributed by atoms with E-state index in [4.69, 9.17) is 5.53 Å². The zero-order chi connectivity index (χ0) is 12.3. The maximum atomic E-state index is 12.3. The Morgan fingerprint density at radius 2 is 1.82 bits per heavy atom. The Labute approximate surface area is 99.3 Å². The first kappa shape index (κ1) is 11.5. The van der Waals surface area contributed by atoms with Crippen molar-refractivity contribution in [2.45, 2.75) is 11.4 Å². The predicted molar refractivity (Wildman–Crippen MR) is 62.3 cm³/mol. The standard InChI is InChI=1S/C11H11N3O2S/c12-13-9-10-5-4-8-14(10)17(15,16)11-6-2-1-3-7-11/h1-8,12H,9H2. The smallest absolute Gasteiger partial charge is 0.244 e. The van der Waals surface area contributed by atoms with E-state index in [-0.39, 0.29) is 11.4 Å². The zero-order valence-corrected chi connectivity index (χ0v) is 9.76. The zero-order valence-electron chi connectivity index (χ0n) is 8.95.